The largest absolute Gasteiger partial charge is 0.344 e. The van der Waals surface area contributed by atoms with Crippen LogP contribution >= 0.6 is 0 Å². The summed E-state index contributed by atoms with van der Waals surface area (Å²) in [6.07, 6.45) is 7.30. The Labute approximate surface area is 168 Å². The number of amides is 1. The highest BCUT2D eigenvalue weighted by molar-refractivity contribution is 5.89. The molecule has 0 unspecified atom stereocenters. The lowest BCUT2D eigenvalue weighted by molar-refractivity contribution is -0.117. The number of rotatable bonds is 7. The van der Waals surface area contributed by atoms with Gasteiger partial charge in [0, 0.05) is 26.0 Å². The number of anilines is 2. The molecule has 29 heavy (non-hydrogen) atoms. The van der Waals surface area contributed by atoms with E-state index in [-0.39, 0.29) is 23.9 Å². The van der Waals surface area contributed by atoms with Gasteiger partial charge in [0.05, 0.1) is 0 Å². The number of fused-ring (bicyclic) bond motifs is 1. The number of carbonyl (C=O) groups excluding carboxylic acids is 1. The fourth-order valence-corrected chi connectivity index (χ4v) is 3.28. The third-order valence-corrected chi connectivity index (χ3v) is 5.10. The molecule has 1 N–H and O–H groups in total. The smallest absolute Gasteiger partial charge is 0.291 e. The zero-order valence-corrected chi connectivity index (χ0v) is 16.9. The van der Waals surface area contributed by atoms with Crippen molar-refractivity contribution in [2.75, 3.05) is 23.8 Å². The molecule has 3 aromatic heterocycles. The molecule has 0 aliphatic heterocycles. The van der Waals surface area contributed by atoms with E-state index >= 15 is 0 Å². The summed E-state index contributed by atoms with van der Waals surface area (Å²) in [4.78, 5) is 35.3. The molecule has 1 amide bonds. The highest BCUT2D eigenvalue weighted by Gasteiger charge is 2.25. The summed E-state index contributed by atoms with van der Waals surface area (Å²) in [7, 11) is 1.98. The summed E-state index contributed by atoms with van der Waals surface area (Å²) in [5.74, 6) is 1.63. The maximum Gasteiger partial charge on any atom is 0.291 e. The minimum Gasteiger partial charge on any atom is -0.344 e. The van der Waals surface area contributed by atoms with Crippen molar-refractivity contribution in [1.29, 1.82) is 0 Å². The second kappa shape index (κ2) is 7.65. The maximum atomic E-state index is 13.0. The van der Waals surface area contributed by atoms with Crippen LogP contribution in [0.5, 0.6) is 0 Å². The Bertz CT molecular complexity index is 1080. The lowest BCUT2D eigenvalue weighted by Crippen LogP contribution is -2.34. The van der Waals surface area contributed by atoms with E-state index in [1.807, 2.05) is 23.7 Å². The van der Waals surface area contributed by atoms with Gasteiger partial charge >= 0.3 is 0 Å². The quantitative estimate of drug-likeness (QED) is 0.656. The van der Waals surface area contributed by atoms with Crippen LogP contribution in [-0.2, 0) is 11.3 Å². The van der Waals surface area contributed by atoms with Crippen LogP contribution in [0.1, 0.15) is 38.2 Å². The van der Waals surface area contributed by atoms with Crippen LogP contribution in [0.25, 0.3) is 5.52 Å². The van der Waals surface area contributed by atoms with E-state index in [1.54, 1.807) is 6.07 Å². The molecule has 3 heterocycles. The lowest BCUT2D eigenvalue weighted by Gasteiger charge is -2.20. The molecule has 4 rings (SSSR count). The second-order valence-corrected chi connectivity index (χ2v) is 7.91. The van der Waals surface area contributed by atoms with E-state index in [1.165, 1.54) is 30.0 Å². The van der Waals surface area contributed by atoms with Crippen LogP contribution in [-0.4, -0.2) is 43.6 Å². The third-order valence-electron chi connectivity index (χ3n) is 5.10. The molecule has 1 aliphatic rings. The first-order chi connectivity index (χ1) is 13.9. The number of nitrogens with zero attached hydrogens (tertiary/aromatic N) is 6. The van der Waals surface area contributed by atoms with Gasteiger partial charge in [-0.3, -0.25) is 14.0 Å². The number of aromatic nitrogens is 5. The van der Waals surface area contributed by atoms with E-state index < -0.39 is 0 Å². The van der Waals surface area contributed by atoms with Gasteiger partial charge in [-0.25, -0.2) is 14.6 Å². The maximum absolute atomic E-state index is 13.0. The summed E-state index contributed by atoms with van der Waals surface area (Å²) < 4.78 is 3.08. The summed E-state index contributed by atoms with van der Waals surface area (Å²) in [5, 5.41) is 7.20. The van der Waals surface area contributed by atoms with Crippen molar-refractivity contribution in [2.45, 2.75) is 39.2 Å². The van der Waals surface area contributed by atoms with Crippen molar-refractivity contribution in [2.24, 2.45) is 5.92 Å². The number of hydrogen-bond donors (Lipinski definition) is 1. The average molecular weight is 395 g/mol. The minimum atomic E-state index is -0.367. The number of carbonyl (C=O) groups is 1. The van der Waals surface area contributed by atoms with Gasteiger partial charge in [-0.15, -0.1) is 5.10 Å². The zero-order valence-electron chi connectivity index (χ0n) is 16.9. The van der Waals surface area contributed by atoms with Gasteiger partial charge in [0.25, 0.3) is 5.56 Å². The van der Waals surface area contributed by atoms with Gasteiger partial charge in [-0.1, -0.05) is 13.8 Å². The predicted molar refractivity (Wildman–Crippen MR) is 110 cm³/mol. The molecule has 9 nitrogen and oxygen atoms in total. The van der Waals surface area contributed by atoms with Crippen molar-refractivity contribution in [3.63, 3.8) is 0 Å². The normalized spacial score (nSPS) is 13.8. The molecule has 0 aromatic carbocycles. The van der Waals surface area contributed by atoms with Gasteiger partial charge in [0.2, 0.25) is 11.9 Å². The summed E-state index contributed by atoms with van der Waals surface area (Å²) >= 11 is 0. The van der Waals surface area contributed by atoms with Gasteiger partial charge in [0.15, 0.2) is 0 Å². The first kappa shape index (κ1) is 19.1. The van der Waals surface area contributed by atoms with Crippen molar-refractivity contribution < 1.29 is 4.79 Å². The SMILES string of the molecule is CC(C)c1cc2c(=O)n(CC(=O)Nc3ccncn3)nc(N(C)CC3CC3)n2c1. The molecule has 0 radical (unpaired) electrons. The Morgan fingerprint density at radius 2 is 2.17 bits per heavy atom. The number of hydrogen-bond acceptors (Lipinski definition) is 6. The molecular weight excluding hydrogens is 370 g/mol. The first-order valence-corrected chi connectivity index (χ1v) is 9.82. The van der Waals surface area contributed by atoms with Crippen LogP contribution in [0.4, 0.5) is 11.8 Å². The van der Waals surface area contributed by atoms with E-state index in [0.717, 1.165) is 12.1 Å². The van der Waals surface area contributed by atoms with Crippen LogP contribution in [0.15, 0.2) is 35.6 Å². The fourth-order valence-electron chi connectivity index (χ4n) is 3.28. The summed E-state index contributed by atoms with van der Waals surface area (Å²) in [6.45, 7) is 4.86. The molecule has 152 valence electrons. The van der Waals surface area contributed by atoms with Crippen molar-refractivity contribution in [3.05, 3.63) is 46.8 Å². The van der Waals surface area contributed by atoms with E-state index in [2.05, 4.69) is 39.1 Å². The number of nitrogens with one attached hydrogen (secondary N) is 1. The van der Waals surface area contributed by atoms with Gasteiger partial charge < -0.3 is 10.2 Å². The topological polar surface area (TPSA) is 97.4 Å². The minimum absolute atomic E-state index is 0.189. The molecule has 0 saturated heterocycles. The molecule has 3 aromatic rings. The molecule has 1 aliphatic carbocycles. The Morgan fingerprint density at radius 3 is 2.83 bits per heavy atom. The van der Waals surface area contributed by atoms with Crippen LogP contribution in [0, 0.1) is 5.92 Å². The average Bonchev–Trinajstić information content (AvgIpc) is 3.38. The van der Waals surface area contributed by atoms with Gasteiger partial charge in [-0.2, -0.15) is 0 Å². The van der Waals surface area contributed by atoms with Crippen LogP contribution < -0.4 is 15.8 Å². The molecule has 1 saturated carbocycles. The molecule has 0 bridgehead atoms. The molecular formula is C20H25N7O2. The Morgan fingerprint density at radius 1 is 1.38 bits per heavy atom. The Balaban J connectivity index is 1.69. The van der Waals surface area contributed by atoms with Crippen molar-refractivity contribution in [1.82, 2.24) is 24.1 Å². The van der Waals surface area contributed by atoms with E-state index in [9.17, 15) is 9.59 Å². The molecule has 9 heteroatoms. The lowest BCUT2D eigenvalue weighted by atomic mass is 10.1. The van der Waals surface area contributed by atoms with E-state index in [0.29, 0.717) is 23.2 Å². The fraction of sp³-hybridized carbons (Fsp3) is 0.450. The van der Waals surface area contributed by atoms with Crippen LogP contribution in [0.3, 0.4) is 0 Å². The van der Waals surface area contributed by atoms with Crippen molar-refractivity contribution >= 4 is 23.2 Å². The second-order valence-electron chi connectivity index (χ2n) is 7.91. The molecule has 0 spiro atoms. The van der Waals surface area contributed by atoms with Gasteiger partial charge in [-0.05, 0) is 42.4 Å². The van der Waals surface area contributed by atoms with Gasteiger partial charge in [0.1, 0.15) is 24.2 Å². The Hall–Kier alpha value is -3.23. The Kier molecular flexibility index (Phi) is 5.04. The summed E-state index contributed by atoms with van der Waals surface area (Å²) in [5.41, 5.74) is 1.29. The third kappa shape index (κ3) is 4.13. The molecule has 1 fully saturated rings. The molecule has 0 atom stereocenters. The summed E-state index contributed by atoms with van der Waals surface area (Å²) in [6, 6.07) is 3.48. The van der Waals surface area contributed by atoms with Crippen LogP contribution in [0.2, 0.25) is 0 Å². The predicted octanol–water partition coefficient (Wildman–Crippen LogP) is 1.89. The van der Waals surface area contributed by atoms with E-state index in [4.69, 9.17) is 0 Å². The van der Waals surface area contributed by atoms with Crippen molar-refractivity contribution in [3.8, 4) is 0 Å². The zero-order chi connectivity index (χ0) is 20.5. The standard InChI is InChI=1S/C20H25N7O2/c1-13(2)15-8-16-19(29)27(11-18(28)23-17-6-7-21-12-22-17)24-20(26(16)10-15)25(3)9-14-4-5-14/h6-8,10,12-14H,4-5,9,11H2,1-3H3,(H,21,22,23,28). The highest BCUT2D eigenvalue weighted by Crippen LogP contribution is 2.30. The first-order valence-electron chi connectivity index (χ1n) is 9.82. The highest BCUT2D eigenvalue weighted by atomic mass is 16.2. The monoisotopic (exact) mass is 395 g/mol.